The number of thiocarbonyl (C=S) groups is 1. The van der Waals surface area contributed by atoms with Crippen LogP contribution in [0.3, 0.4) is 0 Å². The van der Waals surface area contributed by atoms with E-state index in [2.05, 4.69) is 20.1 Å². The maximum absolute atomic E-state index is 13.1. The molecule has 0 aromatic heterocycles. The smallest absolute Gasteiger partial charge is 0.173 e. The molecule has 0 saturated carbocycles. The highest BCUT2D eigenvalue weighted by atomic mass is 32.1. The van der Waals surface area contributed by atoms with Crippen LogP contribution in [0.15, 0.2) is 64.9 Å². The highest BCUT2D eigenvalue weighted by Gasteiger charge is 2.27. The van der Waals surface area contributed by atoms with Crippen LogP contribution < -0.4 is 5.32 Å². The summed E-state index contributed by atoms with van der Waals surface area (Å²) in [6, 6.07) is 14.3. The third-order valence-electron chi connectivity index (χ3n) is 6.55. The Bertz CT molecular complexity index is 1110. The second kappa shape index (κ2) is 11.6. The number of allylic oxidation sites excluding steroid dienone is 2. The third-order valence-corrected chi connectivity index (χ3v) is 6.91. The van der Waals surface area contributed by atoms with Crippen LogP contribution >= 0.6 is 12.2 Å². The van der Waals surface area contributed by atoms with Crippen LogP contribution in [0.5, 0.6) is 0 Å². The first-order valence-electron chi connectivity index (χ1n) is 11.9. The fourth-order valence-corrected chi connectivity index (χ4v) is 4.70. The number of nitrogens with zero attached hydrogens (tertiary/aromatic N) is 3. The first-order valence-corrected chi connectivity index (χ1v) is 12.4. The first kappa shape index (κ1) is 25.0. The summed E-state index contributed by atoms with van der Waals surface area (Å²) < 4.78 is 13.1. The number of aliphatic imine (C=N–C) groups is 1. The molecule has 1 atom stereocenters. The number of ketones is 1. The molecule has 0 amide bonds. The van der Waals surface area contributed by atoms with Crippen LogP contribution in [0, 0.1) is 12.7 Å². The Morgan fingerprint density at radius 3 is 2.46 bits per heavy atom. The van der Waals surface area contributed by atoms with E-state index in [1.54, 1.807) is 18.3 Å². The predicted octanol–water partition coefficient (Wildman–Crippen LogP) is 4.48. The van der Waals surface area contributed by atoms with Crippen molar-refractivity contribution in [3.8, 4) is 0 Å². The molecule has 2 aromatic rings. The first-order chi connectivity index (χ1) is 16.9. The minimum Gasteiger partial charge on any atom is -0.511 e. The van der Waals surface area contributed by atoms with Crippen molar-refractivity contribution >= 4 is 35.0 Å². The highest BCUT2D eigenvalue weighted by Crippen LogP contribution is 2.33. The molecule has 184 valence electrons. The van der Waals surface area contributed by atoms with Gasteiger partial charge in [-0.05, 0) is 54.9 Å². The normalized spacial score (nSPS) is 19.4. The Morgan fingerprint density at radius 2 is 1.80 bits per heavy atom. The Kier molecular flexibility index (Phi) is 8.25. The number of aliphatic hydroxyl groups excluding tert-OH is 1. The van der Waals surface area contributed by atoms with Gasteiger partial charge in [-0.25, -0.2) is 4.39 Å². The van der Waals surface area contributed by atoms with Gasteiger partial charge in [0.05, 0.1) is 12.1 Å². The molecule has 35 heavy (non-hydrogen) atoms. The molecule has 2 N–H and O–H groups in total. The van der Waals surface area contributed by atoms with Gasteiger partial charge in [0.25, 0.3) is 0 Å². The summed E-state index contributed by atoms with van der Waals surface area (Å²) in [6.45, 7) is 6.66. The fourth-order valence-electron chi connectivity index (χ4n) is 4.40. The molecule has 1 unspecified atom stereocenters. The molecular formula is C27H31FN4O2S. The number of aryl methyl sites for hydroxylation is 1. The number of hydrogen-bond acceptors (Lipinski definition) is 5. The molecule has 1 aliphatic carbocycles. The molecule has 1 aliphatic heterocycles. The van der Waals surface area contributed by atoms with Crippen LogP contribution in [0.1, 0.15) is 29.9 Å². The summed E-state index contributed by atoms with van der Waals surface area (Å²) in [5.41, 5.74) is 3.37. The van der Waals surface area contributed by atoms with Crippen molar-refractivity contribution in [3.05, 3.63) is 76.8 Å². The number of benzene rings is 2. The number of carbonyl (C=O) groups is 1. The molecule has 2 aromatic carbocycles. The lowest BCUT2D eigenvalue weighted by atomic mass is 9.83. The van der Waals surface area contributed by atoms with Gasteiger partial charge in [-0.15, -0.1) is 0 Å². The maximum Gasteiger partial charge on any atom is 0.173 e. The van der Waals surface area contributed by atoms with Gasteiger partial charge in [0.1, 0.15) is 11.6 Å². The van der Waals surface area contributed by atoms with E-state index in [1.165, 1.54) is 17.7 Å². The second-order valence-electron chi connectivity index (χ2n) is 9.10. The summed E-state index contributed by atoms with van der Waals surface area (Å²) in [4.78, 5) is 21.5. The standard InChI is InChI=1S/C27H31FN4O2S/c1-19-2-4-20(5-3-19)21-16-25(33)24(26(34)17-21)18-29-10-11-31-12-14-32(15-13-31)27(35)30-23-8-6-22(28)7-9-23/h2-9,18,21,33H,10-17H2,1H3,(H,30,35). The number of piperazine rings is 1. The summed E-state index contributed by atoms with van der Waals surface area (Å²) in [7, 11) is 0. The van der Waals surface area contributed by atoms with Gasteiger partial charge in [-0.1, -0.05) is 29.8 Å². The molecule has 1 heterocycles. The molecular weight excluding hydrogens is 463 g/mol. The van der Waals surface area contributed by atoms with Crippen molar-refractivity contribution in [2.75, 3.05) is 44.6 Å². The van der Waals surface area contributed by atoms with Crippen molar-refractivity contribution in [1.82, 2.24) is 9.80 Å². The average molecular weight is 495 g/mol. The van der Waals surface area contributed by atoms with Crippen LogP contribution in [0.4, 0.5) is 10.1 Å². The zero-order valence-corrected chi connectivity index (χ0v) is 20.7. The van der Waals surface area contributed by atoms with Crippen molar-refractivity contribution < 1.29 is 14.3 Å². The second-order valence-corrected chi connectivity index (χ2v) is 9.49. The van der Waals surface area contributed by atoms with E-state index in [1.807, 2.05) is 31.2 Å². The molecule has 1 fully saturated rings. The minimum absolute atomic E-state index is 0.0140. The number of halogens is 1. The zero-order valence-electron chi connectivity index (χ0n) is 19.9. The van der Waals surface area contributed by atoms with E-state index in [-0.39, 0.29) is 23.3 Å². The Labute approximate surface area is 211 Å². The van der Waals surface area contributed by atoms with Gasteiger partial charge < -0.3 is 15.3 Å². The number of Topliss-reactive ketones (excluding diaryl/α,β-unsaturated/α-hetero) is 1. The van der Waals surface area contributed by atoms with Crippen molar-refractivity contribution in [1.29, 1.82) is 0 Å². The van der Waals surface area contributed by atoms with Crippen LogP contribution in [-0.2, 0) is 4.79 Å². The van der Waals surface area contributed by atoms with Crippen LogP contribution in [-0.4, -0.2) is 71.3 Å². The number of rotatable bonds is 6. The summed E-state index contributed by atoms with van der Waals surface area (Å²) in [5, 5.41) is 14.3. The lowest BCUT2D eigenvalue weighted by Gasteiger charge is -2.36. The zero-order chi connectivity index (χ0) is 24.8. The quantitative estimate of drug-likeness (QED) is 0.456. The monoisotopic (exact) mass is 494 g/mol. The molecule has 4 rings (SSSR count). The van der Waals surface area contributed by atoms with Crippen LogP contribution in [0.2, 0.25) is 0 Å². The van der Waals surface area contributed by atoms with E-state index in [0.29, 0.717) is 30.1 Å². The number of anilines is 1. The fraction of sp³-hybridized carbons (Fsp3) is 0.370. The molecule has 8 heteroatoms. The molecule has 0 spiro atoms. The largest absolute Gasteiger partial charge is 0.511 e. The minimum atomic E-state index is -0.274. The van der Waals surface area contributed by atoms with E-state index in [9.17, 15) is 14.3 Å². The average Bonchev–Trinajstić information content (AvgIpc) is 2.85. The predicted molar refractivity (Wildman–Crippen MR) is 142 cm³/mol. The van der Waals surface area contributed by atoms with Gasteiger partial charge in [0, 0.05) is 57.5 Å². The summed E-state index contributed by atoms with van der Waals surface area (Å²) in [6.07, 6.45) is 2.40. The lowest BCUT2D eigenvalue weighted by molar-refractivity contribution is -0.116. The van der Waals surface area contributed by atoms with Crippen LogP contribution in [0.25, 0.3) is 0 Å². The third kappa shape index (κ3) is 6.74. The Hall–Kier alpha value is -3.10. The molecule has 0 bridgehead atoms. The van der Waals surface area contributed by atoms with Gasteiger partial charge in [-0.3, -0.25) is 14.7 Å². The van der Waals surface area contributed by atoms with Crippen molar-refractivity contribution in [2.24, 2.45) is 4.99 Å². The van der Waals surface area contributed by atoms with E-state index < -0.39 is 0 Å². The summed E-state index contributed by atoms with van der Waals surface area (Å²) in [5.74, 6) is -0.186. The molecule has 6 nitrogen and oxygen atoms in total. The van der Waals surface area contributed by atoms with Gasteiger partial charge in [0.2, 0.25) is 0 Å². The molecule has 1 saturated heterocycles. The number of carbonyl (C=O) groups excluding carboxylic acids is 1. The van der Waals surface area contributed by atoms with Gasteiger partial charge >= 0.3 is 0 Å². The SMILES string of the molecule is Cc1ccc(C2CC(=O)C(C=NCCN3CCN(C(=S)Nc4ccc(F)cc4)CC3)=C(O)C2)cc1. The topological polar surface area (TPSA) is 68.2 Å². The van der Waals surface area contributed by atoms with Gasteiger partial charge in [-0.2, -0.15) is 0 Å². The molecule has 0 radical (unpaired) electrons. The molecule has 2 aliphatic rings. The number of hydrogen-bond donors (Lipinski definition) is 2. The van der Waals surface area contributed by atoms with Crippen molar-refractivity contribution in [2.45, 2.75) is 25.7 Å². The maximum atomic E-state index is 13.1. The summed E-state index contributed by atoms with van der Waals surface area (Å²) >= 11 is 5.49. The van der Waals surface area contributed by atoms with Crippen molar-refractivity contribution in [3.63, 3.8) is 0 Å². The Balaban J connectivity index is 1.21. The van der Waals surface area contributed by atoms with Gasteiger partial charge in [0.15, 0.2) is 10.9 Å². The number of nitrogens with one attached hydrogen (secondary N) is 1. The Morgan fingerprint density at radius 1 is 1.11 bits per heavy atom. The number of aliphatic hydroxyl groups is 1. The van der Waals surface area contributed by atoms with E-state index in [4.69, 9.17) is 12.2 Å². The van der Waals surface area contributed by atoms with E-state index in [0.717, 1.165) is 44.0 Å². The lowest BCUT2D eigenvalue weighted by Crippen LogP contribution is -2.50. The highest BCUT2D eigenvalue weighted by molar-refractivity contribution is 7.80. The van der Waals surface area contributed by atoms with E-state index >= 15 is 0 Å².